The van der Waals surface area contributed by atoms with Crippen LogP contribution >= 0.6 is 15.4 Å². The molecule has 1 fully saturated rings. The number of phosphoric acid groups is 1. The van der Waals surface area contributed by atoms with E-state index in [0.29, 0.717) is 11.1 Å². The molecule has 1 saturated heterocycles. The number of hydrogen-bond acceptors (Lipinski definition) is 16. The lowest BCUT2D eigenvalue weighted by atomic mass is 9.95. The van der Waals surface area contributed by atoms with Crippen LogP contribution in [0.4, 0.5) is 5.82 Å². The van der Waals surface area contributed by atoms with Crippen LogP contribution in [0.5, 0.6) is 11.5 Å². The first kappa shape index (κ1) is 32.2. The highest BCUT2D eigenvalue weighted by Gasteiger charge is 2.45. The summed E-state index contributed by atoms with van der Waals surface area (Å²) in [5.41, 5.74) is 7.30. The number of nitrogens with zero attached hydrogens (tertiary/aromatic N) is 4. The third kappa shape index (κ3) is 6.16. The highest BCUT2D eigenvalue weighted by Crippen LogP contribution is 2.52. The maximum Gasteiger partial charge on any atom is 0.472 e. The van der Waals surface area contributed by atoms with Gasteiger partial charge in [-0.15, -0.1) is 0 Å². The largest absolute Gasteiger partial charge is 0.507 e. The van der Waals surface area contributed by atoms with Gasteiger partial charge in [0.15, 0.2) is 24.0 Å². The summed E-state index contributed by atoms with van der Waals surface area (Å²) in [5, 5.41) is 31.6. The number of benzene rings is 1. The summed E-state index contributed by atoms with van der Waals surface area (Å²) in [6.07, 6.45) is -4.67. The maximum absolute atomic E-state index is 12.5. The van der Waals surface area contributed by atoms with Crippen molar-refractivity contribution < 1.29 is 66.8 Å². The van der Waals surface area contributed by atoms with Gasteiger partial charge in [0, 0.05) is 17.5 Å². The number of nitrogens with two attached hydrogens (primary N) is 1. The molecule has 0 bridgehead atoms. The fraction of sp³-hybridized carbons (Fsp3) is 0.478. The minimum atomic E-state index is -5.00. The Balaban J connectivity index is 1.15. The van der Waals surface area contributed by atoms with Gasteiger partial charge in [-0.3, -0.25) is 18.2 Å². The second-order valence-corrected chi connectivity index (χ2v) is 13.0. The number of rotatable bonds is 12. The number of cyclic esters (lactones) is 1. The summed E-state index contributed by atoms with van der Waals surface area (Å²) in [6.45, 7) is 0.384. The van der Waals surface area contributed by atoms with E-state index in [-0.39, 0.29) is 46.9 Å². The minimum absolute atomic E-state index is 0.0283. The summed E-state index contributed by atoms with van der Waals surface area (Å²) in [4.78, 5) is 44.1. The number of nitrogen functional groups attached to an aromatic ring is 1. The molecule has 2 aliphatic heterocycles. The van der Waals surface area contributed by atoms with Crippen molar-refractivity contribution in [1.29, 1.82) is 0 Å². The summed E-state index contributed by atoms with van der Waals surface area (Å²) in [7, 11) is -8.30. The Hall–Kier alpha value is -3.22. The van der Waals surface area contributed by atoms with E-state index >= 15 is 0 Å². The molecular weight excluding hydrogens is 632 g/mol. The van der Waals surface area contributed by atoms with Gasteiger partial charge in [-0.05, 0) is 12.5 Å². The molecule has 240 valence electrons. The molecule has 2 aromatic heterocycles. The van der Waals surface area contributed by atoms with Crippen LogP contribution in [0.2, 0.25) is 0 Å². The molecule has 21 heteroatoms. The van der Waals surface area contributed by atoms with Crippen LogP contribution in [0.25, 0.3) is 11.2 Å². The van der Waals surface area contributed by atoms with E-state index in [4.69, 9.17) is 29.0 Å². The lowest BCUT2D eigenvalue weighted by Crippen LogP contribution is -2.33. The molecule has 0 spiro atoms. The van der Waals surface area contributed by atoms with Crippen molar-refractivity contribution in [2.75, 3.05) is 32.4 Å². The number of anilines is 1. The average molecular weight is 661 g/mol. The molecule has 44 heavy (non-hydrogen) atoms. The van der Waals surface area contributed by atoms with Crippen LogP contribution in [0.1, 0.15) is 33.3 Å². The van der Waals surface area contributed by atoms with Crippen molar-refractivity contribution in [1.82, 2.24) is 19.5 Å². The van der Waals surface area contributed by atoms with Crippen molar-refractivity contribution in [3.8, 4) is 11.5 Å². The summed E-state index contributed by atoms with van der Waals surface area (Å²) >= 11 is 0. The number of methoxy groups -OCH3 is 1. The third-order valence-electron chi connectivity index (χ3n) is 7.08. The number of phenols is 1. The summed E-state index contributed by atoms with van der Waals surface area (Å²) in [5.74, 6) is -0.815. The number of esters is 1. The van der Waals surface area contributed by atoms with Crippen LogP contribution in [0, 0.1) is 6.92 Å². The molecule has 4 heterocycles. The molecule has 0 saturated carbocycles. The smallest absolute Gasteiger partial charge is 0.472 e. The van der Waals surface area contributed by atoms with Crippen LogP contribution in [0.15, 0.2) is 12.7 Å². The predicted molar refractivity (Wildman–Crippen MR) is 145 cm³/mol. The van der Waals surface area contributed by atoms with Crippen LogP contribution in [0.3, 0.4) is 0 Å². The van der Waals surface area contributed by atoms with E-state index in [1.165, 1.54) is 24.3 Å². The van der Waals surface area contributed by atoms with Gasteiger partial charge in [-0.25, -0.2) is 24.3 Å². The van der Waals surface area contributed by atoms with Crippen molar-refractivity contribution in [2.24, 2.45) is 0 Å². The zero-order chi connectivity index (χ0) is 32.0. The number of aliphatic hydroxyl groups excluding tert-OH is 2. The Bertz CT molecular complexity index is 1680. The predicted octanol–water partition coefficient (Wildman–Crippen LogP) is 0.257. The fourth-order valence-corrected chi connectivity index (χ4v) is 6.93. The van der Waals surface area contributed by atoms with Crippen molar-refractivity contribution in [2.45, 2.75) is 44.5 Å². The fourth-order valence-electron chi connectivity index (χ4n) is 4.90. The number of fused-ring (bicyclic) bond motifs is 2. The van der Waals surface area contributed by atoms with E-state index in [0.717, 1.165) is 0 Å². The number of ether oxygens (including phenoxy) is 3. The molecule has 3 aromatic rings. The first-order chi connectivity index (χ1) is 20.7. The van der Waals surface area contributed by atoms with Gasteiger partial charge in [-0.1, -0.05) is 0 Å². The standard InChI is InChI=1S/C23H29N5O14P2/c1-10-12-5-38-23(32)14(12)16(29)11(19(10)37-2)3-4-39-43(33,34)9-41-44(35,36)40-6-13-17(30)18(31)22(42-13)28-8-27-15-20(24)25-7-26-21(15)28/h7-8,13,17-18,22,29-31H,3-6,9H2,1-2H3,(H,33,34)(H,35,36)(H2,24,25,26)/t13-,17-,18-,22-/m0/s1. The van der Waals surface area contributed by atoms with E-state index in [1.54, 1.807) is 6.92 Å². The summed E-state index contributed by atoms with van der Waals surface area (Å²) in [6, 6.07) is 0. The van der Waals surface area contributed by atoms with Crippen molar-refractivity contribution >= 4 is 38.4 Å². The highest BCUT2D eigenvalue weighted by atomic mass is 31.2. The Morgan fingerprint density at radius 3 is 2.61 bits per heavy atom. The van der Waals surface area contributed by atoms with Gasteiger partial charge in [-0.2, -0.15) is 0 Å². The van der Waals surface area contributed by atoms with Gasteiger partial charge < -0.3 is 49.6 Å². The monoisotopic (exact) mass is 661 g/mol. The number of carbonyl (C=O) groups is 1. The summed E-state index contributed by atoms with van der Waals surface area (Å²) < 4.78 is 56.5. The number of phosphoric ester groups is 1. The second kappa shape index (κ2) is 12.3. The third-order valence-corrected chi connectivity index (χ3v) is 9.25. The number of aliphatic hydroxyl groups is 2. The zero-order valence-electron chi connectivity index (χ0n) is 23.2. The lowest BCUT2D eigenvalue weighted by molar-refractivity contribution is -0.0511. The molecule has 5 rings (SSSR count). The number of hydrogen-bond donors (Lipinski definition) is 6. The Morgan fingerprint density at radius 2 is 1.89 bits per heavy atom. The van der Waals surface area contributed by atoms with Gasteiger partial charge in [0.05, 0.1) is 26.7 Å². The minimum Gasteiger partial charge on any atom is -0.507 e. The highest BCUT2D eigenvalue weighted by molar-refractivity contribution is 7.54. The van der Waals surface area contributed by atoms with Crippen molar-refractivity contribution in [3.05, 3.63) is 34.9 Å². The maximum atomic E-state index is 12.5. The molecule has 0 radical (unpaired) electrons. The SMILES string of the molecule is COc1c(C)c2c(c(O)c1CCOP(=O)(O)COP(=O)(O)OC[C@@H]1O[C@H](n3cnc4c(N)ncnc43)[C@@H](O)[C@H]1O)C(=O)OC2. The van der Waals surface area contributed by atoms with E-state index in [2.05, 4.69) is 19.5 Å². The molecule has 19 nitrogen and oxygen atoms in total. The second-order valence-electron chi connectivity index (χ2n) is 9.79. The molecule has 2 aliphatic rings. The number of phenolic OH excluding ortho intramolecular Hbond substituents is 1. The van der Waals surface area contributed by atoms with Crippen molar-refractivity contribution in [3.63, 3.8) is 0 Å². The molecule has 0 aliphatic carbocycles. The Kier molecular flexibility index (Phi) is 8.99. The van der Waals surface area contributed by atoms with Gasteiger partial charge >= 0.3 is 21.4 Å². The normalized spacial score (nSPS) is 24.2. The molecule has 0 amide bonds. The number of carbonyl (C=O) groups excluding carboxylic acids is 1. The van der Waals surface area contributed by atoms with Gasteiger partial charge in [0.2, 0.25) is 0 Å². The van der Waals surface area contributed by atoms with E-state index in [1.807, 2.05) is 0 Å². The average Bonchev–Trinajstić information content (AvgIpc) is 3.66. The van der Waals surface area contributed by atoms with E-state index in [9.17, 15) is 39.0 Å². The Labute approximate surface area is 248 Å². The number of aromatic nitrogens is 4. The molecular formula is C23H29N5O14P2. The topological polar surface area (TPSA) is 277 Å². The molecule has 1 aromatic carbocycles. The van der Waals surface area contributed by atoms with Crippen LogP contribution in [-0.4, -0.2) is 95.6 Å². The lowest BCUT2D eigenvalue weighted by Gasteiger charge is -2.19. The number of imidazole rings is 1. The van der Waals surface area contributed by atoms with E-state index < -0.39 is 71.2 Å². The molecule has 6 atom stereocenters. The first-order valence-corrected chi connectivity index (χ1v) is 16.1. The van der Waals surface area contributed by atoms with Gasteiger partial charge in [0.1, 0.15) is 53.8 Å². The van der Waals surface area contributed by atoms with Crippen LogP contribution in [-0.2, 0) is 45.2 Å². The Morgan fingerprint density at radius 1 is 1.14 bits per heavy atom. The zero-order valence-corrected chi connectivity index (χ0v) is 25.0. The quantitative estimate of drug-likeness (QED) is 0.112. The molecule has 7 N–H and O–H groups in total. The number of aromatic hydroxyl groups is 1. The van der Waals surface area contributed by atoms with Crippen LogP contribution < -0.4 is 10.5 Å². The van der Waals surface area contributed by atoms with Gasteiger partial charge in [0.25, 0.3) is 0 Å². The first-order valence-electron chi connectivity index (χ1n) is 12.9. The molecule has 2 unspecified atom stereocenters.